The van der Waals surface area contributed by atoms with Crippen LogP contribution in [0.3, 0.4) is 0 Å². The van der Waals surface area contributed by atoms with Crippen LogP contribution in [0.4, 0.5) is 0 Å². The van der Waals surface area contributed by atoms with Crippen LogP contribution in [-0.2, 0) is 33.2 Å². The van der Waals surface area contributed by atoms with Gasteiger partial charge in [0.05, 0.1) is 33.6 Å². The second-order valence-corrected chi connectivity index (χ2v) is 9.51. The number of benzene rings is 2. The van der Waals surface area contributed by atoms with E-state index in [1.165, 1.54) is 16.0 Å². The summed E-state index contributed by atoms with van der Waals surface area (Å²) in [6.07, 6.45) is 0. The molecule has 11 heteroatoms. The predicted molar refractivity (Wildman–Crippen MR) is 145 cm³/mol. The highest BCUT2D eigenvalue weighted by Crippen LogP contribution is 2.15. The smallest absolute Gasteiger partial charge is 0.327 e. The van der Waals surface area contributed by atoms with E-state index in [9.17, 15) is 9.59 Å². The highest BCUT2D eigenvalue weighted by atomic mass is 79.9. The number of esters is 2. The Morgan fingerprint density at radius 3 is 1.89 bits per heavy atom. The van der Waals surface area contributed by atoms with Crippen molar-refractivity contribution < 1.29 is 19.1 Å². The minimum Gasteiger partial charge on any atom is -0.465 e. The molecular weight excluding hydrogens is 552 g/mol. The first-order valence-electron chi connectivity index (χ1n) is 10.8. The van der Waals surface area contributed by atoms with Crippen LogP contribution < -0.4 is 9.60 Å². The van der Waals surface area contributed by atoms with Gasteiger partial charge >= 0.3 is 11.9 Å². The number of nitrogens with one attached hydrogen (secondary N) is 1. The average Bonchev–Trinajstić information content (AvgIpc) is 3.34. The van der Waals surface area contributed by atoms with E-state index in [1.807, 2.05) is 71.8 Å². The van der Waals surface area contributed by atoms with Gasteiger partial charge in [-0.1, -0.05) is 62.9 Å². The number of thiazole rings is 2. The van der Waals surface area contributed by atoms with Crippen molar-refractivity contribution in [3.63, 3.8) is 0 Å². The molecule has 0 aliphatic carbocycles. The lowest BCUT2D eigenvalue weighted by Crippen LogP contribution is -2.15. The molecule has 0 unspecified atom stereocenters. The van der Waals surface area contributed by atoms with Gasteiger partial charge in [0.2, 0.25) is 0 Å². The third-order valence-corrected chi connectivity index (χ3v) is 7.16. The fourth-order valence-corrected chi connectivity index (χ4v) is 4.95. The molecule has 0 radical (unpaired) electrons. The van der Waals surface area contributed by atoms with Crippen LogP contribution in [-0.4, -0.2) is 46.2 Å². The summed E-state index contributed by atoms with van der Waals surface area (Å²) in [5.74, 6) is -0.493. The summed E-state index contributed by atoms with van der Waals surface area (Å²) in [5, 5.41) is 7.82. The molecule has 0 bridgehead atoms. The number of fused-ring (bicyclic) bond motifs is 2. The first-order valence-corrected chi connectivity index (χ1v) is 13.6. The van der Waals surface area contributed by atoms with Crippen LogP contribution in [0.15, 0.2) is 53.5 Å². The molecule has 0 saturated carbocycles. The molecule has 4 aromatic rings. The van der Waals surface area contributed by atoms with Gasteiger partial charge in [-0.15, -0.1) is 0 Å². The molecule has 2 heterocycles. The summed E-state index contributed by atoms with van der Waals surface area (Å²) in [7, 11) is 3.87. The van der Waals surface area contributed by atoms with E-state index >= 15 is 0 Å². The Hall–Kier alpha value is -2.76. The molecule has 35 heavy (non-hydrogen) atoms. The molecular formula is C24H29BrN4O4S2. The second-order valence-electron chi connectivity index (χ2n) is 6.91. The molecule has 0 atom stereocenters. The number of ether oxygens (including phenoxy) is 2. The number of carbonyl (C=O) groups excluding carboxylic acids is 2. The van der Waals surface area contributed by atoms with Gasteiger partial charge in [-0.2, -0.15) is 0 Å². The van der Waals surface area contributed by atoms with Crippen LogP contribution in [0.25, 0.3) is 20.4 Å². The van der Waals surface area contributed by atoms with E-state index in [2.05, 4.69) is 25.7 Å². The quantitative estimate of drug-likeness (QED) is 0.280. The standard InChI is InChI=1S/C12H14N2O2S.C8H8N2S.C4H7BrO2/c1-3-16-11(15)8-13-12-14(2)9-6-4-5-7-10(9)17-12;1-10-6-4-2-3-5-7(6)11-8(10)9;1-2-7-4(6)3-5/h4-7H,3,8H2,1-2H3;2-5,9H,1H3;2-3H2,1H3. The van der Waals surface area contributed by atoms with Crippen molar-refractivity contribution in [1.82, 2.24) is 9.13 Å². The first-order chi connectivity index (χ1) is 16.8. The fraction of sp³-hybridized carbons (Fsp3) is 0.333. The van der Waals surface area contributed by atoms with E-state index in [0.717, 1.165) is 20.5 Å². The molecule has 8 nitrogen and oxygen atoms in total. The van der Waals surface area contributed by atoms with Crippen LogP contribution in [0.1, 0.15) is 13.8 Å². The molecule has 1 N–H and O–H groups in total. The lowest BCUT2D eigenvalue weighted by molar-refractivity contribution is -0.141. The first kappa shape index (κ1) is 28.5. The maximum atomic E-state index is 11.2. The summed E-state index contributed by atoms with van der Waals surface area (Å²) in [5.41, 5.74) is 2.27. The predicted octanol–water partition coefficient (Wildman–Crippen LogP) is 4.37. The molecule has 0 amide bonds. The molecule has 0 aliphatic rings. The number of hydrogen-bond donors (Lipinski definition) is 1. The minimum absolute atomic E-state index is 0.0779. The highest BCUT2D eigenvalue weighted by Gasteiger charge is 2.03. The Bertz CT molecular complexity index is 1390. The third-order valence-electron chi connectivity index (χ3n) is 4.52. The normalized spacial score (nSPS) is 10.8. The number of aromatic nitrogens is 2. The molecule has 4 rings (SSSR count). The Morgan fingerprint density at radius 2 is 1.40 bits per heavy atom. The molecule has 0 saturated heterocycles. The maximum Gasteiger partial charge on any atom is 0.327 e. The van der Waals surface area contributed by atoms with Crippen molar-refractivity contribution in [2.45, 2.75) is 13.8 Å². The van der Waals surface area contributed by atoms with E-state index in [1.54, 1.807) is 25.2 Å². The zero-order valence-corrected chi connectivity index (χ0v) is 23.3. The van der Waals surface area contributed by atoms with Crippen molar-refractivity contribution in [2.24, 2.45) is 19.1 Å². The highest BCUT2D eigenvalue weighted by molar-refractivity contribution is 9.09. The van der Waals surface area contributed by atoms with E-state index in [4.69, 9.17) is 10.1 Å². The molecule has 2 aromatic carbocycles. The Balaban J connectivity index is 0.000000206. The van der Waals surface area contributed by atoms with Gasteiger partial charge in [0, 0.05) is 14.1 Å². The number of alkyl halides is 1. The zero-order valence-electron chi connectivity index (χ0n) is 20.1. The number of rotatable bonds is 5. The van der Waals surface area contributed by atoms with Crippen molar-refractivity contribution >= 4 is 71.0 Å². The molecule has 188 valence electrons. The summed E-state index contributed by atoms with van der Waals surface area (Å²) >= 11 is 6.02. The van der Waals surface area contributed by atoms with Gasteiger partial charge in [0.1, 0.15) is 11.9 Å². The molecule has 2 aromatic heterocycles. The number of aryl methyl sites for hydroxylation is 2. The number of hydrogen-bond acceptors (Lipinski definition) is 8. The van der Waals surface area contributed by atoms with Gasteiger partial charge in [0.25, 0.3) is 0 Å². The van der Waals surface area contributed by atoms with Crippen LogP contribution >= 0.6 is 38.6 Å². The Labute approximate surface area is 220 Å². The Kier molecular flexibility index (Phi) is 11.9. The summed E-state index contributed by atoms with van der Waals surface area (Å²) in [4.78, 5) is 27.1. The minimum atomic E-state index is -0.287. The zero-order chi connectivity index (χ0) is 25.8. The van der Waals surface area contributed by atoms with Crippen molar-refractivity contribution in [3.05, 3.63) is 58.1 Å². The molecule has 0 fully saturated rings. The lowest BCUT2D eigenvalue weighted by atomic mass is 10.3. The summed E-state index contributed by atoms with van der Waals surface area (Å²) in [6, 6.07) is 16.1. The topological polar surface area (TPSA) is 98.7 Å². The Morgan fingerprint density at radius 1 is 0.886 bits per heavy atom. The molecule has 0 aliphatic heterocycles. The van der Waals surface area contributed by atoms with E-state index < -0.39 is 0 Å². The maximum absolute atomic E-state index is 11.2. The van der Waals surface area contributed by atoms with E-state index in [-0.39, 0.29) is 18.5 Å². The van der Waals surface area contributed by atoms with Crippen molar-refractivity contribution in [1.29, 1.82) is 5.41 Å². The lowest BCUT2D eigenvalue weighted by Gasteiger charge is -1.97. The monoisotopic (exact) mass is 580 g/mol. The molecule has 0 spiro atoms. The van der Waals surface area contributed by atoms with Crippen molar-refractivity contribution in [3.8, 4) is 0 Å². The second kappa shape index (κ2) is 14.6. The fourth-order valence-electron chi connectivity index (χ4n) is 2.87. The largest absolute Gasteiger partial charge is 0.465 e. The summed E-state index contributed by atoms with van der Waals surface area (Å²) in [6.45, 7) is 4.50. The van der Waals surface area contributed by atoms with Crippen LogP contribution in [0, 0.1) is 5.41 Å². The number of halogens is 1. The average molecular weight is 582 g/mol. The number of para-hydroxylation sites is 2. The third kappa shape index (κ3) is 8.44. The van der Waals surface area contributed by atoms with Gasteiger partial charge < -0.3 is 18.6 Å². The van der Waals surface area contributed by atoms with Gasteiger partial charge in [-0.3, -0.25) is 15.0 Å². The van der Waals surface area contributed by atoms with Gasteiger partial charge in [0.15, 0.2) is 9.60 Å². The summed E-state index contributed by atoms with van der Waals surface area (Å²) < 4.78 is 15.6. The number of nitrogens with zero attached hydrogens (tertiary/aromatic N) is 3. The van der Waals surface area contributed by atoms with Crippen LogP contribution in [0.5, 0.6) is 0 Å². The number of carbonyl (C=O) groups is 2. The van der Waals surface area contributed by atoms with Gasteiger partial charge in [-0.05, 0) is 38.1 Å². The van der Waals surface area contributed by atoms with E-state index in [0.29, 0.717) is 23.3 Å². The van der Waals surface area contributed by atoms with Gasteiger partial charge in [-0.25, -0.2) is 4.99 Å². The SMILES string of the molecule is CCOC(=O)CBr.CCOC(=O)CN=c1sc2ccccc2n1C.Cn1c(=N)sc2ccccc21. The van der Waals surface area contributed by atoms with Crippen LogP contribution in [0.2, 0.25) is 0 Å². The van der Waals surface area contributed by atoms with Crippen molar-refractivity contribution in [2.75, 3.05) is 25.1 Å².